The van der Waals surface area contributed by atoms with Crippen molar-refractivity contribution in [3.05, 3.63) is 29.8 Å². The van der Waals surface area contributed by atoms with Gasteiger partial charge in [-0.25, -0.2) is 4.79 Å². The molecule has 2 aliphatic rings. The molecule has 2 aliphatic heterocycles. The van der Waals surface area contributed by atoms with E-state index in [1.165, 1.54) is 6.92 Å². The number of ether oxygens (including phenoxy) is 1. The lowest BCUT2D eigenvalue weighted by Crippen LogP contribution is -2.49. The van der Waals surface area contributed by atoms with Crippen LogP contribution in [0.15, 0.2) is 24.3 Å². The first-order valence-electron chi connectivity index (χ1n) is 8.44. The maximum absolute atomic E-state index is 14.2. The van der Waals surface area contributed by atoms with Gasteiger partial charge < -0.3 is 20.3 Å². The van der Waals surface area contributed by atoms with E-state index in [0.717, 1.165) is 25.3 Å². The van der Waals surface area contributed by atoms with Crippen molar-refractivity contribution >= 4 is 17.7 Å². The number of hydrogen-bond acceptors (Lipinski definition) is 5. The lowest BCUT2D eigenvalue weighted by Gasteiger charge is -2.33. The summed E-state index contributed by atoms with van der Waals surface area (Å²) in [5, 5.41) is 6.05. The minimum absolute atomic E-state index is 0.0726. The summed E-state index contributed by atoms with van der Waals surface area (Å²) >= 11 is 0. The standard InChI is InChI=1S/C17H23FN4O3/c1-11-10-21(8-7-19-11)14-5-3-13(4-6-14)16-15(9-20-12(2)23)25-17(24)22(16)18/h3-6,11,15-16,19H,7-10H2,1-2H3,(H,20,23). The van der Waals surface area contributed by atoms with Gasteiger partial charge in [0.1, 0.15) is 12.1 Å². The van der Waals surface area contributed by atoms with E-state index >= 15 is 0 Å². The van der Waals surface area contributed by atoms with Crippen molar-refractivity contribution in [1.29, 1.82) is 0 Å². The number of carbonyl (C=O) groups is 2. The topological polar surface area (TPSA) is 73.9 Å². The molecule has 2 saturated heterocycles. The molecule has 2 N–H and O–H groups in total. The number of piperazine rings is 1. The van der Waals surface area contributed by atoms with Crippen molar-refractivity contribution in [2.75, 3.05) is 31.1 Å². The molecule has 0 spiro atoms. The van der Waals surface area contributed by atoms with Gasteiger partial charge in [-0.15, -0.1) is 5.12 Å². The van der Waals surface area contributed by atoms with Crippen molar-refractivity contribution in [1.82, 2.24) is 15.8 Å². The first-order chi connectivity index (χ1) is 12.0. The van der Waals surface area contributed by atoms with Crippen LogP contribution in [0.1, 0.15) is 25.5 Å². The average Bonchev–Trinajstić information content (AvgIpc) is 2.87. The molecule has 0 aliphatic carbocycles. The van der Waals surface area contributed by atoms with Gasteiger partial charge in [-0.2, -0.15) is 0 Å². The van der Waals surface area contributed by atoms with E-state index in [2.05, 4.69) is 22.5 Å². The molecule has 8 heteroatoms. The molecule has 2 fully saturated rings. The molecule has 0 bridgehead atoms. The van der Waals surface area contributed by atoms with E-state index in [1.807, 2.05) is 24.3 Å². The van der Waals surface area contributed by atoms with E-state index in [1.54, 1.807) is 0 Å². The van der Waals surface area contributed by atoms with E-state index < -0.39 is 18.2 Å². The normalized spacial score (nSPS) is 26.5. The van der Waals surface area contributed by atoms with Crippen LogP contribution in [-0.4, -0.2) is 55.4 Å². The summed E-state index contributed by atoms with van der Waals surface area (Å²) in [4.78, 5) is 24.9. The van der Waals surface area contributed by atoms with Gasteiger partial charge in [-0.05, 0) is 24.6 Å². The third-order valence-corrected chi connectivity index (χ3v) is 4.54. The Hall–Kier alpha value is -2.35. The van der Waals surface area contributed by atoms with Gasteiger partial charge in [0.25, 0.3) is 0 Å². The Morgan fingerprint density at radius 3 is 2.76 bits per heavy atom. The van der Waals surface area contributed by atoms with Gasteiger partial charge in [-0.1, -0.05) is 16.6 Å². The fourth-order valence-corrected chi connectivity index (χ4v) is 3.30. The van der Waals surface area contributed by atoms with Crippen molar-refractivity contribution in [2.24, 2.45) is 0 Å². The van der Waals surface area contributed by atoms with Crippen LogP contribution >= 0.6 is 0 Å². The number of amides is 2. The van der Waals surface area contributed by atoms with E-state index in [0.29, 0.717) is 11.6 Å². The Morgan fingerprint density at radius 2 is 2.12 bits per heavy atom. The van der Waals surface area contributed by atoms with Crippen LogP contribution in [0.3, 0.4) is 0 Å². The van der Waals surface area contributed by atoms with Crippen molar-refractivity contribution < 1.29 is 18.8 Å². The maximum atomic E-state index is 14.2. The van der Waals surface area contributed by atoms with Crippen LogP contribution < -0.4 is 15.5 Å². The summed E-state index contributed by atoms with van der Waals surface area (Å²) in [6, 6.07) is 7.02. The number of cyclic esters (lactones) is 1. The summed E-state index contributed by atoms with van der Waals surface area (Å²) < 4.78 is 19.2. The van der Waals surface area contributed by atoms with Gasteiger partial charge in [0.2, 0.25) is 5.91 Å². The van der Waals surface area contributed by atoms with Crippen LogP contribution in [0.2, 0.25) is 0 Å². The molecule has 0 aromatic heterocycles. The molecule has 2 heterocycles. The van der Waals surface area contributed by atoms with E-state index in [9.17, 15) is 14.1 Å². The highest BCUT2D eigenvalue weighted by atomic mass is 19.2. The second kappa shape index (κ2) is 7.26. The average molecular weight is 350 g/mol. The zero-order chi connectivity index (χ0) is 18.0. The van der Waals surface area contributed by atoms with Crippen molar-refractivity contribution in [3.8, 4) is 0 Å². The van der Waals surface area contributed by atoms with Crippen LogP contribution in [0.4, 0.5) is 15.0 Å². The molecule has 1 aromatic carbocycles. The molecule has 136 valence electrons. The highest BCUT2D eigenvalue weighted by Gasteiger charge is 2.43. The van der Waals surface area contributed by atoms with Gasteiger partial charge >= 0.3 is 6.09 Å². The van der Waals surface area contributed by atoms with Gasteiger partial charge in [-0.3, -0.25) is 4.79 Å². The number of hydrogen-bond donors (Lipinski definition) is 2. The number of nitrogens with one attached hydrogen (secondary N) is 2. The Balaban J connectivity index is 1.74. The summed E-state index contributed by atoms with van der Waals surface area (Å²) in [5.74, 6) is -0.254. The first kappa shape index (κ1) is 17.5. The molecule has 3 atom stereocenters. The zero-order valence-corrected chi connectivity index (χ0v) is 14.4. The van der Waals surface area contributed by atoms with Crippen LogP contribution in [-0.2, 0) is 9.53 Å². The Bertz CT molecular complexity index is 639. The smallest absolute Gasteiger partial charge is 0.439 e. The molecule has 25 heavy (non-hydrogen) atoms. The Morgan fingerprint density at radius 1 is 1.40 bits per heavy atom. The number of rotatable bonds is 4. The van der Waals surface area contributed by atoms with Crippen LogP contribution in [0.5, 0.6) is 0 Å². The summed E-state index contributed by atoms with van der Waals surface area (Å²) in [6.45, 7) is 6.31. The predicted molar refractivity (Wildman–Crippen MR) is 90.8 cm³/mol. The van der Waals surface area contributed by atoms with E-state index in [-0.39, 0.29) is 17.6 Å². The number of benzene rings is 1. The van der Waals surface area contributed by atoms with Gasteiger partial charge in [0, 0.05) is 38.3 Å². The van der Waals surface area contributed by atoms with Crippen molar-refractivity contribution in [3.63, 3.8) is 0 Å². The second-order valence-corrected chi connectivity index (χ2v) is 6.51. The lowest BCUT2D eigenvalue weighted by molar-refractivity contribution is -0.119. The predicted octanol–water partition coefficient (Wildman–Crippen LogP) is 1.37. The number of halogens is 1. The number of nitrogens with zero attached hydrogens (tertiary/aromatic N) is 2. The highest BCUT2D eigenvalue weighted by molar-refractivity contribution is 5.73. The molecular formula is C17H23FN4O3. The largest absolute Gasteiger partial charge is 0.440 e. The quantitative estimate of drug-likeness (QED) is 0.803. The van der Waals surface area contributed by atoms with Crippen LogP contribution in [0, 0.1) is 0 Å². The third-order valence-electron chi connectivity index (χ3n) is 4.54. The summed E-state index contributed by atoms with van der Waals surface area (Å²) in [5.41, 5.74) is 1.70. The van der Waals surface area contributed by atoms with Gasteiger partial charge in [0.05, 0.1) is 6.54 Å². The van der Waals surface area contributed by atoms with Gasteiger partial charge in [0.15, 0.2) is 0 Å². The third kappa shape index (κ3) is 3.84. The van der Waals surface area contributed by atoms with E-state index in [4.69, 9.17) is 4.74 Å². The molecule has 0 radical (unpaired) electrons. The molecule has 7 nitrogen and oxygen atoms in total. The molecule has 3 unspecified atom stereocenters. The lowest BCUT2D eigenvalue weighted by atomic mass is 10.0. The zero-order valence-electron chi connectivity index (χ0n) is 14.4. The first-order valence-corrected chi connectivity index (χ1v) is 8.44. The molecule has 3 rings (SSSR count). The monoisotopic (exact) mass is 350 g/mol. The Labute approximate surface area is 146 Å². The number of carbonyl (C=O) groups excluding carboxylic acids is 2. The SMILES string of the molecule is CC(=O)NCC1OC(=O)N(F)C1c1ccc(N2CCNC(C)C2)cc1. The number of anilines is 1. The second-order valence-electron chi connectivity index (χ2n) is 6.51. The molecule has 2 amide bonds. The van der Waals surface area contributed by atoms with Crippen molar-refractivity contribution in [2.45, 2.75) is 32.0 Å². The fraction of sp³-hybridized carbons (Fsp3) is 0.529. The minimum Gasteiger partial charge on any atom is -0.440 e. The van der Waals surface area contributed by atoms with Crippen LogP contribution in [0.25, 0.3) is 0 Å². The minimum atomic E-state index is -1.03. The maximum Gasteiger partial charge on any atom is 0.439 e. The summed E-state index contributed by atoms with van der Waals surface area (Å²) in [7, 11) is 0. The highest BCUT2D eigenvalue weighted by Crippen LogP contribution is 2.34. The Kier molecular flexibility index (Phi) is 5.08. The fourth-order valence-electron chi connectivity index (χ4n) is 3.30. The summed E-state index contributed by atoms with van der Waals surface area (Å²) in [6.07, 6.45) is -1.79. The molecular weight excluding hydrogens is 327 g/mol. The molecule has 0 saturated carbocycles. The molecule has 1 aromatic rings.